The number of rotatable bonds is 4. The highest BCUT2D eigenvalue weighted by Crippen LogP contribution is 2.17. The molecule has 2 aromatic carbocycles. The Morgan fingerprint density at radius 1 is 1.10 bits per heavy atom. The van der Waals surface area contributed by atoms with Crippen LogP contribution in [0.2, 0.25) is 0 Å². The molecule has 0 bridgehead atoms. The van der Waals surface area contributed by atoms with Crippen LogP contribution in [-0.4, -0.2) is 10.8 Å². The number of anilines is 1. The fourth-order valence-corrected chi connectivity index (χ4v) is 2.24. The lowest BCUT2D eigenvalue weighted by Gasteiger charge is -2.08. The molecule has 0 unspecified atom stereocenters. The summed E-state index contributed by atoms with van der Waals surface area (Å²) in [4.78, 5) is 15.6. The topological polar surface area (TPSA) is 42.0 Å². The van der Waals surface area contributed by atoms with Crippen molar-refractivity contribution in [2.24, 2.45) is 0 Å². The molecule has 1 heterocycles. The molecule has 0 fully saturated rings. The van der Waals surface area contributed by atoms with Gasteiger partial charge >= 0.3 is 0 Å². The Morgan fingerprint density at radius 3 is 2.67 bits per heavy atom. The largest absolute Gasteiger partial charge is 0.381 e. The van der Waals surface area contributed by atoms with Gasteiger partial charge in [0, 0.05) is 29.4 Å². The van der Waals surface area contributed by atoms with Gasteiger partial charge in [-0.15, -0.1) is 0 Å². The molecular formula is C18H16N2O. The summed E-state index contributed by atoms with van der Waals surface area (Å²) in [5, 5.41) is 4.51. The van der Waals surface area contributed by atoms with Crippen LogP contribution in [0.4, 0.5) is 5.69 Å². The molecule has 0 aliphatic heterocycles. The van der Waals surface area contributed by atoms with Gasteiger partial charge in [0.15, 0.2) is 5.78 Å². The Bertz CT molecular complexity index is 779. The van der Waals surface area contributed by atoms with E-state index in [0.29, 0.717) is 0 Å². The molecular weight excluding hydrogens is 260 g/mol. The molecule has 3 nitrogen and oxygen atoms in total. The van der Waals surface area contributed by atoms with Gasteiger partial charge in [0.2, 0.25) is 0 Å². The molecule has 3 heteroatoms. The van der Waals surface area contributed by atoms with E-state index in [1.165, 1.54) is 0 Å². The maximum atomic E-state index is 11.2. The Hall–Kier alpha value is -2.68. The van der Waals surface area contributed by atoms with Crippen LogP contribution in [0.15, 0.2) is 60.8 Å². The minimum Gasteiger partial charge on any atom is -0.381 e. The monoisotopic (exact) mass is 276 g/mol. The smallest absolute Gasteiger partial charge is 0.159 e. The van der Waals surface area contributed by atoms with Crippen LogP contribution < -0.4 is 5.32 Å². The van der Waals surface area contributed by atoms with Crippen LogP contribution in [0.3, 0.4) is 0 Å². The van der Waals surface area contributed by atoms with E-state index in [1.807, 2.05) is 48.5 Å². The van der Waals surface area contributed by atoms with Crippen molar-refractivity contribution in [2.45, 2.75) is 13.5 Å². The molecule has 104 valence electrons. The number of benzene rings is 2. The van der Waals surface area contributed by atoms with E-state index in [1.54, 1.807) is 13.1 Å². The highest BCUT2D eigenvalue weighted by Gasteiger charge is 2.00. The van der Waals surface area contributed by atoms with Gasteiger partial charge in [-0.2, -0.15) is 0 Å². The number of nitrogens with one attached hydrogen (secondary N) is 1. The van der Waals surface area contributed by atoms with Crippen LogP contribution in [0.1, 0.15) is 22.8 Å². The van der Waals surface area contributed by atoms with E-state index in [0.717, 1.165) is 34.3 Å². The van der Waals surface area contributed by atoms with Crippen molar-refractivity contribution >= 4 is 22.4 Å². The second-order valence-corrected chi connectivity index (χ2v) is 5.02. The average Bonchev–Trinajstić information content (AvgIpc) is 2.53. The second kappa shape index (κ2) is 5.75. The number of carbonyl (C=O) groups is 1. The molecule has 1 aromatic heterocycles. The molecule has 0 atom stereocenters. The number of aromatic nitrogens is 1. The summed E-state index contributed by atoms with van der Waals surface area (Å²) in [6, 6.07) is 17.8. The van der Waals surface area contributed by atoms with Gasteiger partial charge in [-0.25, -0.2) is 0 Å². The zero-order valence-corrected chi connectivity index (χ0v) is 11.8. The molecule has 0 saturated heterocycles. The molecule has 1 N–H and O–H groups in total. The summed E-state index contributed by atoms with van der Waals surface area (Å²) in [7, 11) is 0. The van der Waals surface area contributed by atoms with Crippen molar-refractivity contribution in [2.75, 3.05) is 5.32 Å². The van der Waals surface area contributed by atoms with Gasteiger partial charge in [-0.1, -0.05) is 36.4 Å². The normalized spacial score (nSPS) is 10.5. The zero-order chi connectivity index (χ0) is 14.7. The third-order valence-corrected chi connectivity index (χ3v) is 3.46. The lowest BCUT2D eigenvalue weighted by Crippen LogP contribution is -2.00. The van der Waals surface area contributed by atoms with Gasteiger partial charge in [0.05, 0.1) is 5.52 Å². The molecule has 3 rings (SSSR count). The molecule has 0 aliphatic carbocycles. The number of Topliss-reactive ketones (excluding diaryl/α,β-unsaturated/α-hetero) is 1. The minimum absolute atomic E-state index is 0.0927. The second-order valence-electron chi connectivity index (χ2n) is 5.02. The summed E-state index contributed by atoms with van der Waals surface area (Å²) < 4.78 is 0. The Kier molecular flexibility index (Phi) is 3.65. The maximum Gasteiger partial charge on any atom is 0.159 e. The number of pyridine rings is 1. The van der Waals surface area contributed by atoms with Gasteiger partial charge < -0.3 is 5.32 Å². The molecule has 0 radical (unpaired) electrons. The van der Waals surface area contributed by atoms with Gasteiger partial charge in [-0.3, -0.25) is 9.78 Å². The number of hydrogen-bond donors (Lipinski definition) is 1. The molecule has 0 spiro atoms. The van der Waals surface area contributed by atoms with Crippen molar-refractivity contribution < 1.29 is 4.79 Å². The van der Waals surface area contributed by atoms with Crippen LogP contribution in [0.5, 0.6) is 0 Å². The first kappa shape index (κ1) is 13.3. The van der Waals surface area contributed by atoms with Crippen LogP contribution in [-0.2, 0) is 6.54 Å². The van der Waals surface area contributed by atoms with Gasteiger partial charge in [-0.05, 0) is 30.7 Å². The molecule has 21 heavy (non-hydrogen) atoms. The van der Waals surface area contributed by atoms with Crippen LogP contribution in [0.25, 0.3) is 10.9 Å². The Morgan fingerprint density at radius 2 is 1.90 bits per heavy atom. The fourth-order valence-electron chi connectivity index (χ4n) is 2.24. The lowest BCUT2D eigenvalue weighted by molar-refractivity contribution is 0.101. The standard InChI is InChI=1S/C18H16N2O/c1-13(21)15-6-4-14(5-7-15)12-20-17-9-8-16-3-2-10-19-18(16)11-17/h2-11,20H,12H2,1H3. The van der Waals surface area contributed by atoms with E-state index in [9.17, 15) is 4.79 Å². The van der Waals surface area contributed by atoms with Crippen LogP contribution >= 0.6 is 0 Å². The average molecular weight is 276 g/mol. The number of carbonyl (C=O) groups excluding carboxylic acids is 1. The fraction of sp³-hybridized carbons (Fsp3) is 0.111. The van der Waals surface area contributed by atoms with E-state index in [-0.39, 0.29) is 5.78 Å². The van der Waals surface area contributed by atoms with Crippen molar-refractivity contribution in [1.82, 2.24) is 4.98 Å². The third-order valence-electron chi connectivity index (χ3n) is 3.46. The third kappa shape index (κ3) is 3.08. The SMILES string of the molecule is CC(=O)c1ccc(CNc2ccc3cccnc3c2)cc1. The summed E-state index contributed by atoms with van der Waals surface area (Å²) in [6.45, 7) is 2.30. The predicted octanol–water partition coefficient (Wildman–Crippen LogP) is 4.05. The number of hydrogen-bond acceptors (Lipinski definition) is 3. The van der Waals surface area contributed by atoms with Crippen molar-refractivity contribution in [3.63, 3.8) is 0 Å². The Balaban J connectivity index is 1.72. The number of ketones is 1. The molecule has 0 aliphatic rings. The maximum absolute atomic E-state index is 11.2. The molecule has 0 amide bonds. The first-order chi connectivity index (χ1) is 10.2. The van der Waals surface area contributed by atoms with E-state index in [4.69, 9.17) is 0 Å². The van der Waals surface area contributed by atoms with Crippen molar-refractivity contribution in [3.05, 3.63) is 71.9 Å². The van der Waals surface area contributed by atoms with E-state index in [2.05, 4.69) is 16.4 Å². The van der Waals surface area contributed by atoms with Crippen molar-refractivity contribution in [3.8, 4) is 0 Å². The number of fused-ring (bicyclic) bond motifs is 1. The molecule has 3 aromatic rings. The summed E-state index contributed by atoms with van der Waals surface area (Å²) in [5.74, 6) is 0.0927. The highest BCUT2D eigenvalue weighted by molar-refractivity contribution is 5.94. The van der Waals surface area contributed by atoms with Crippen LogP contribution in [0, 0.1) is 0 Å². The van der Waals surface area contributed by atoms with Crippen molar-refractivity contribution in [1.29, 1.82) is 0 Å². The van der Waals surface area contributed by atoms with Gasteiger partial charge in [0.25, 0.3) is 0 Å². The lowest BCUT2D eigenvalue weighted by atomic mass is 10.1. The first-order valence-corrected chi connectivity index (χ1v) is 6.91. The summed E-state index contributed by atoms with van der Waals surface area (Å²) in [5.41, 5.74) is 3.90. The quantitative estimate of drug-likeness (QED) is 0.731. The number of nitrogens with zero attached hydrogens (tertiary/aromatic N) is 1. The highest BCUT2D eigenvalue weighted by atomic mass is 16.1. The summed E-state index contributed by atoms with van der Waals surface area (Å²) in [6.07, 6.45) is 1.80. The van der Waals surface area contributed by atoms with E-state index < -0.39 is 0 Å². The molecule has 0 saturated carbocycles. The Labute approximate surface area is 123 Å². The zero-order valence-electron chi connectivity index (χ0n) is 11.8. The minimum atomic E-state index is 0.0927. The van der Waals surface area contributed by atoms with E-state index >= 15 is 0 Å². The first-order valence-electron chi connectivity index (χ1n) is 6.91. The summed E-state index contributed by atoms with van der Waals surface area (Å²) >= 11 is 0. The van der Waals surface area contributed by atoms with Gasteiger partial charge in [0.1, 0.15) is 0 Å². The predicted molar refractivity (Wildman–Crippen MR) is 85.5 cm³/mol.